The zero-order valence-corrected chi connectivity index (χ0v) is 23.3. The van der Waals surface area contributed by atoms with Crippen LogP contribution in [0, 0.1) is 32.5 Å². The summed E-state index contributed by atoms with van der Waals surface area (Å²) in [5.74, 6) is 0.396. The third-order valence-electron chi connectivity index (χ3n) is 8.58. The van der Waals surface area contributed by atoms with Gasteiger partial charge < -0.3 is 4.90 Å². The van der Waals surface area contributed by atoms with E-state index in [2.05, 4.69) is 93.3 Å². The van der Waals surface area contributed by atoms with E-state index in [1.54, 1.807) is 12.1 Å². The lowest BCUT2D eigenvalue weighted by molar-refractivity contribution is 0.436. The highest BCUT2D eigenvalue weighted by molar-refractivity contribution is 5.67. The topological polar surface area (TPSA) is 3.24 Å². The first kappa shape index (κ1) is 26.2. The molecule has 196 valence electrons. The number of benzene rings is 4. The molecular formula is C36H40FN. The van der Waals surface area contributed by atoms with Gasteiger partial charge >= 0.3 is 0 Å². The van der Waals surface area contributed by atoms with Gasteiger partial charge in [-0.05, 0) is 122 Å². The average molecular weight is 506 g/mol. The van der Waals surface area contributed by atoms with Gasteiger partial charge in [-0.15, -0.1) is 0 Å². The molecule has 5 rings (SSSR count). The normalized spacial score (nSPS) is 17.2. The highest BCUT2D eigenvalue weighted by Crippen LogP contribution is 2.43. The highest BCUT2D eigenvalue weighted by Gasteiger charge is 2.35. The molecule has 38 heavy (non-hydrogen) atoms. The second-order valence-electron chi connectivity index (χ2n) is 11.1. The van der Waals surface area contributed by atoms with Crippen molar-refractivity contribution in [3.63, 3.8) is 0 Å². The van der Waals surface area contributed by atoms with Crippen molar-refractivity contribution in [1.82, 2.24) is 0 Å². The number of hydrogen-bond donors (Lipinski definition) is 0. The molecule has 1 aliphatic heterocycles. The number of hydrogen-bond acceptors (Lipinski definition) is 1. The lowest BCUT2D eigenvalue weighted by atomic mass is 9.87. The Morgan fingerprint density at radius 3 is 2.21 bits per heavy atom. The van der Waals surface area contributed by atoms with Gasteiger partial charge in [-0.3, -0.25) is 0 Å². The van der Waals surface area contributed by atoms with Crippen LogP contribution in [0.15, 0.2) is 84.9 Å². The van der Waals surface area contributed by atoms with Crippen LogP contribution >= 0.6 is 0 Å². The van der Waals surface area contributed by atoms with Gasteiger partial charge in [-0.1, -0.05) is 73.2 Å². The van der Waals surface area contributed by atoms with Crippen molar-refractivity contribution in [2.45, 2.75) is 65.8 Å². The third kappa shape index (κ3) is 5.70. The molecule has 0 N–H and O–H groups in total. The van der Waals surface area contributed by atoms with Crippen molar-refractivity contribution < 1.29 is 4.39 Å². The zero-order valence-electron chi connectivity index (χ0n) is 23.3. The van der Waals surface area contributed by atoms with E-state index in [0.29, 0.717) is 12.0 Å². The maximum atomic E-state index is 13.7. The fraction of sp³-hybridized carbons (Fsp3) is 0.333. The molecule has 1 saturated heterocycles. The minimum absolute atomic E-state index is 0.177. The molecule has 0 radical (unpaired) electrons. The zero-order chi connectivity index (χ0) is 26.6. The molecule has 2 unspecified atom stereocenters. The van der Waals surface area contributed by atoms with Gasteiger partial charge in [-0.2, -0.15) is 0 Å². The number of aryl methyl sites for hydroxylation is 4. The summed E-state index contributed by atoms with van der Waals surface area (Å²) in [5.41, 5.74) is 12.0. The summed E-state index contributed by atoms with van der Waals surface area (Å²) in [6.45, 7) is 9.82. The van der Waals surface area contributed by atoms with E-state index in [4.69, 9.17) is 0 Å². The Balaban J connectivity index is 1.39. The Hall–Kier alpha value is -3.39. The number of rotatable bonds is 8. The van der Waals surface area contributed by atoms with Crippen molar-refractivity contribution in [3.8, 4) is 11.1 Å². The Kier molecular flexibility index (Phi) is 7.98. The van der Waals surface area contributed by atoms with E-state index in [1.165, 1.54) is 57.3 Å². The van der Waals surface area contributed by atoms with Gasteiger partial charge in [0, 0.05) is 12.2 Å². The van der Waals surface area contributed by atoms with Crippen LogP contribution in [-0.4, -0.2) is 6.54 Å². The third-order valence-corrected chi connectivity index (χ3v) is 8.58. The number of halogens is 1. The molecule has 1 fully saturated rings. The van der Waals surface area contributed by atoms with E-state index >= 15 is 0 Å². The molecule has 1 aliphatic rings. The van der Waals surface area contributed by atoms with Gasteiger partial charge in [0.2, 0.25) is 0 Å². The van der Waals surface area contributed by atoms with Gasteiger partial charge in [-0.25, -0.2) is 4.39 Å². The molecule has 1 nitrogen and oxygen atoms in total. The van der Waals surface area contributed by atoms with E-state index in [1.807, 2.05) is 12.1 Å². The van der Waals surface area contributed by atoms with Crippen LogP contribution in [0.1, 0.15) is 65.6 Å². The van der Waals surface area contributed by atoms with Gasteiger partial charge in [0.1, 0.15) is 5.82 Å². The fourth-order valence-electron chi connectivity index (χ4n) is 6.20. The van der Waals surface area contributed by atoms with Crippen LogP contribution in [0.4, 0.5) is 10.1 Å². The summed E-state index contributed by atoms with van der Waals surface area (Å²) in [7, 11) is 0. The van der Waals surface area contributed by atoms with E-state index in [-0.39, 0.29) is 5.82 Å². The summed E-state index contributed by atoms with van der Waals surface area (Å²) >= 11 is 0. The number of nitrogens with zero attached hydrogens (tertiary/aromatic N) is 1. The predicted octanol–water partition coefficient (Wildman–Crippen LogP) is 9.57. The first-order valence-corrected chi connectivity index (χ1v) is 14.2. The van der Waals surface area contributed by atoms with Crippen LogP contribution in [0.5, 0.6) is 0 Å². The average Bonchev–Trinajstić information content (AvgIpc) is 3.35. The van der Waals surface area contributed by atoms with Crippen LogP contribution in [-0.2, 0) is 12.8 Å². The maximum absolute atomic E-state index is 13.7. The van der Waals surface area contributed by atoms with Crippen molar-refractivity contribution >= 4 is 5.69 Å². The summed E-state index contributed by atoms with van der Waals surface area (Å²) in [6.07, 6.45) is 5.70. The maximum Gasteiger partial charge on any atom is 0.123 e. The second kappa shape index (κ2) is 11.6. The summed E-state index contributed by atoms with van der Waals surface area (Å²) in [5, 5.41) is 0. The standard InChI is InChI=1S/C36H40FN/c1-5-29-24-33(23-26(3)27(29)4)30-13-15-32(16-14-30)36-31(8-6-7-28-11-9-25(2)10-12-28)21-22-38(36)35-19-17-34(37)18-20-35/h9-20,23-24,31,36H,5-8,21-22H2,1-4H3. The quantitative estimate of drug-likeness (QED) is 0.230. The van der Waals surface area contributed by atoms with Crippen molar-refractivity contribution in [1.29, 1.82) is 0 Å². The first-order chi connectivity index (χ1) is 18.4. The Morgan fingerprint density at radius 1 is 0.816 bits per heavy atom. The molecule has 0 aliphatic carbocycles. The Morgan fingerprint density at radius 2 is 1.53 bits per heavy atom. The van der Waals surface area contributed by atoms with E-state index in [0.717, 1.165) is 31.5 Å². The van der Waals surface area contributed by atoms with Crippen LogP contribution < -0.4 is 4.90 Å². The van der Waals surface area contributed by atoms with E-state index < -0.39 is 0 Å². The molecule has 2 atom stereocenters. The molecule has 4 aromatic rings. The van der Waals surface area contributed by atoms with E-state index in [9.17, 15) is 4.39 Å². The van der Waals surface area contributed by atoms with Crippen molar-refractivity contribution in [2.75, 3.05) is 11.4 Å². The van der Waals surface area contributed by atoms with Crippen LogP contribution in [0.25, 0.3) is 11.1 Å². The molecule has 1 heterocycles. The largest absolute Gasteiger partial charge is 0.364 e. The molecule has 4 aromatic carbocycles. The Labute approximate surface area is 228 Å². The molecule has 0 saturated carbocycles. The van der Waals surface area contributed by atoms with Gasteiger partial charge in [0.05, 0.1) is 6.04 Å². The first-order valence-electron chi connectivity index (χ1n) is 14.2. The molecule has 0 bridgehead atoms. The van der Waals surface area contributed by atoms with Gasteiger partial charge in [0.15, 0.2) is 0 Å². The molecule has 2 heteroatoms. The highest BCUT2D eigenvalue weighted by atomic mass is 19.1. The lowest BCUT2D eigenvalue weighted by Crippen LogP contribution is -2.25. The second-order valence-corrected chi connectivity index (χ2v) is 11.1. The van der Waals surface area contributed by atoms with Crippen LogP contribution in [0.2, 0.25) is 0 Å². The monoisotopic (exact) mass is 505 g/mol. The SMILES string of the molecule is CCc1cc(-c2ccc(C3C(CCCc4ccc(C)cc4)CCN3c3ccc(F)cc3)cc2)cc(C)c1C. The molecule has 0 spiro atoms. The Bertz CT molecular complexity index is 1350. The summed E-state index contributed by atoms with van der Waals surface area (Å²) in [4.78, 5) is 2.50. The minimum Gasteiger partial charge on any atom is -0.364 e. The van der Waals surface area contributed by atoms with Crippen molar-refractivity contribution in [3.05, 3.63) is 124 Å². The fourth-order valence-corrected chi connectivity index (χ4v) is 6.20. The van der Waals surface area contributed by atoms with Crippen molar-refractivity contribution in [2.24, 2.45) is 5.92 Å². The van der Waals surface area contributed by atoms with Crippen LogP contribution in [0.3, 0.4) is 0 Å². The molecule has 0 aromatic heterocycles. The molecular weight excluding hydrogens is 465 g/mol. The lowest BCUT2D eigenvalue weighted by Gasteiger charge is -2.31. The number of anilines is 1. The molecule has 0 amide bonds. The summed E-state index contributed by atoms with van der Waals surface area (Å²) < 4.78 is 13.7. The van der Waals surface area contributed by atoms with Gasteiger partial charge in [0.25, 0.3) is 0 Å². The minimum atomic E-state index is -0.177. The predicted molar refractivity (Wildman–Crippen MR) is 159 cm³/mol. The smallest absolute Gasteiger partial charge is 0.123 e. The summed E-state index contributed by atoms with van der Waals surface area (Å²) in [6, 6.07) is 30.2.